The normalized spacial score (nSPS) is 24.8. The van der Waals surface area contributed by atoms with Crippen molar-refractivity contribution >= 4 is 8.80 Å². The van der Waals surface area contributed by atoms with Gasteiger partial charge in [-0.3, -0.25) is 0 Å². The van der Waals surface area contributed by atoms with Crippen molar-refractivity contribution in [3.8, 4) is 0 Å². The van der Waals surface area contributed by atoms with Gasteiger partial charge in [0.25, 0.3) is 0 Å². The SMILES string of the molecule is C=CC[SiH](C1CCCCC1)C1CCCCC1. The van der Waals surface area contributed by atoms with Crippen LogP contribution in [0.2, 0.25) is 17.1 Å². The van der Waals surface area contributed by atoms with Crippen molar-refractivity contribution in [3.63, 3.8) is 0 Å². The van der Waals surface area contributed by atoms with E-state index in [1.165, 1.54) is 55.7 Å². The number of hydrogen-bond donors (Lipinski definition) is 0. The fourth-order valence-corrected chi connectivity index (χ4v) is 8.67. The molecular formula is C15H28Si. The Bertz CT molecular complexity index is 181. The van der Waals surface area contributed by atoms with Crippen LogP contribution in [0.5, 0.6) is 0 Å². The molecule has 2 saturated carbocycles. The average Bonchev–Trinajstić information content (AvgIpc) is 2.38. The predicted molar refractivity (Wildman–Crippen MR) is 75.8 cm³/mol. The van der Waals surface area contributed by atoms with Crippen molar-refractivity contribution in [2.24, 2.45) is 0 Å². The molecule has 2 aliphatic rings. The summed E-state index contributed by atoms with van der Waals surface area (Å²) in [6.07, 6.45) is 17.7. The molecule has 0 radical (unpaired) electrons. The van der Waals surface area contributed by atoms with Gasteiger partial charge in [0.1, 0.15) is 0 Å². The molecular weight excluding hydrogens is 208 g/mol. The van der Waals surface area contributed by atoms with Crippen LogP contribution in [0.1, 0.15) is 64.2 Å². The monoisotopic (exact) mass is 236 g/mol. The molecule has 92 valence electrons. The summed E-state index contributed by atoms with van der Waals surface area (Å²) in [6.45, 7) is 4.02. The van der Waals surface area contributed by atoms with Crippen molar-refractivity contribution in [1.29, 1.82) is 0 Å². The Labute approximate surface area is 103 Å². The third-order valence-electron chi connectivity index (χ3n) is 4.95. The Balaban J connectivity index is 1.93. The highest BCUT2D eigenvalue weighted by Crippen LogP contribution is 2.42. The fraction of sp³-hybridized carbons (Fsp3) is 0.867. The second-order valence-corrected chi connectivity index (χ2v) is 9.67. The molecule has 2 aliphatic carbocycles. The van der Waals surface area contributed by atoms with Crippen molar-refractivity contribution in [3.05, 3.63) is 12.7 Å². The molecule has 0 aliphatic heterocycles. The summed E-state index contributed by atoms with van der Waals surface area (Å²) < 4.78 is 0. The summed E-state index contributed by atoms with van der Waals surface area (Å²) in [4.78, 5) is 0. The highest BCUT2D eigenvalue weighted by molar-refractivity contribution is 6.62. The fourth-order valence-electron chi connectivity index (χ4n) is 4.09. The Morgan fingerprint density at radius 2 is 1.25 bits per heavy atom. The molecule has 0 amide bonds. The van der Waals surface area contributed by atoms with Crippen LogP contribution >= 0.6 is 0 Å². The van der Waals surface area contributed by atoms with Crippen molar-refractivity contribution in [2.45, 2.75) is 81.3 Å². The van der Waals surface area contributed by atoms with Crippen LogP contribution in [-0.4, -0.2) is 8.80 Å². The first kappa shape index (κ1) is 12.4. The molecule has 0 aromatic heterocycles. The van der Waals surface area contributed by atoms with E-state index in [0.717, 1.165) is 0 Å². The van der Waals surface area contributed by atoms with Gasteiger partial charge in [0, 0.05) is 8.80 Å². The summed E-state index contributed by atoms with van der Waals surface area (Å²) in [5.41, 5.74) is 2.35. The third kappa shape index (κ3) is 3.22. The summed E-state index contributed by atoms with van der Waals surface area (Å²) in [6, 6.07) is 1.43. The molecule has 0 aromatic rings. The summed E-state index contributed by atoms with van der Waals surface area (Å²) >= 11 is 0. The van der Waals surface area contributed by atoms with E-state index >= 15 is 0 Å². The van der Waals surface area contributed by atoms with Crippen LogP contribution in [0, 0.1) is 0 Å². The highest BCUT2D eigenvalue weighted by Gasteiger charge is 2.31. The minimum absolute atomic E-state index is 0.515. The van der Waals surface area contributed by atoms with Gasteiger partial charge in [0.15, 0.2) is 0 Å². The first-order valence-corrected chi connectivity index (χ1v) is 9.67. The Morgan fingerprint density at radius 1 is 0.812 bits per heavy atom. The van der Waals surface area contributed by atoms with Crippen LogP contribution in [0.15, 0.2) is 12.7 Å². The maximum absolute atomic E-state index is 4.02. The summed E-state index contributed by atoms with van der Waals surface area (Å²) in [7, 11) is -0.515. The van der Waals surface area contributed by atoms with Crippen LogP contribution in [0.4, 0.5) is 0 Å². The summed E-state index contributed by atoms with van der Waals surface area (Å²) in [5.74, 6) is 0. The lowest BCUT2D eigenvalue weighted by Gasteiger charge is -2.36. The zero-order valence-electron chi connectivity index (χ0n) is 10.8. The molecule has 1 heteroatoms. The van der Waals surface area contributed by atoms with Gasteiger partial charge in [-0.1, -0.05) is 70.3 Å². The van der Waals surface area contributed by atoms with Gasteiger partial charge in [0.2, 0.25) is 0 Å². The van der Waals surface area contributed by atoms with E-state index < -0.39 is 8.80 Å². The van der Waals surface area contributed by atoms with Gasteiger partial charge >= 0.3 is 0 Å². The molecule has 0 atom stereocenters. The zero-order chi connectivity index (χ0) is 11.2. The molecule has 0 saturated heterocycles. The van der Waals surface area contributed by atoms with E-state index in [-0.39, 0.29) is 0 Å². The highest BCUT2D eigenvalue weighted by atomic mass is 28.3. The quantitative estimate of drug-likeness (QED) is 0.472. The predicted octanol–water partition coefficient (Wildman–Crippen LogP) is 5.07. The number of allylic oxidation sites excluding steroid dienone is 1. The van der Waals surface area contributed by atoms with Crippen molar-refractivity contribution in [1.82, 2.24) is 0 Å². The van der Waals surface area contributed by atoms with E-state index in [4.69, 9.17) is 0 Å². The van der Waals surface area contributed by atoms with Gasteiger partial charge in [0.05, 0.1) is 0 Å². The maximum Gasteiger partial charge on any atom is 0.0467 e. The Morgan fingerprint density at radius 3 is 1.62 bits per heavy atom. The molecule has 2 fully saturated rings. The van der Waals surface area contributed by atoms with E-state index in [1.54, 1.807) is 25.7 Å². The number of hydrogen-bond acceptors (Lipinski definition) is 0. The standard InChI is InChI=1S/C15H28Si/c1-2-13-16(14-9-5-3-6-10-14)15-11-7-4-8-12-15/h2,14-16H,1,3-13H2. The maximum atomic E-state index is 4.02. The van der Waals surface area contributed by atoms with Crippen LogP contribution in [0.3, 0.4) is 0 Å². The molecule has 0 spiro atoms. The third-order valence-corrected chi connectivity index (χ3v) is 9.58. The van der Waals surface area contributed by atoms with E-state index in [9.17, 15) is 0 Å². The molecule has 16 heavy (non-hydrogen) atoms. The van der Waals surface area contributed by atoms with Crippen LogP contribution in [0.25, 0.3) is 0 Å². The first-order chi connectivity index (χ1) is 7.92. The smallest absolute Gasteiger partial charge is 0.0467 e. The topological polar surface area (TPSA) is 0 Å². The molecule has 0 heterocycles. The van der Waals surface area contributed by atoms with Gasteiger partial charge in [-0.25, -0.2) is 0 Å². The Kier molecular flexibility index (Phi) is 5.15. The second-order valence-electron chi connectivity index (χ2n) is 5.98. The van der Waals surface area contributed by atoms with Gasteiger partial charge in [-0.15, -0.1) is 6.58 Å². The van der Waals surface area contributed by atoms with Gasteiger partial charge < -0.3 is 0 Å². The summed E-state index contributed by atoms with van der Waals surface area (Å²) in [5, 5.41) is 0. The van der Waals surface area contributed by atoms with Crippen molar-refractivity contribution in [2.75, 3.05) is 0 Å². The lowest BCUT2D eigenvalue weighted by atomic mass is 9.99. The minimum Gasteiger partial charge on any atom is -0.103 e. The lowest BCUT2D eigenvalue weighted by molar-refractivity contribution is 0.461. The largest absolute Gasteiger partial charge is 0.103 e. The second kappa shape index (κ2) is 6.63. The van der Waals surface area contributed by atoms with Crippen molar-refractivity contribution < 1.29 is 0 Å². The first-order valence-electron chi connectivity index (χ1n) is 7.52. The molecule has 2 rings (SSSR count). The van der Waals surface area contributed by atoms with Crippen LogP contribution < -0.4 is 0 Å². The molecule has 0 N–H and O–H groups in total. The average molecular weight is 236 g/mol. The van der Waals surface area contributed by atoms with E-state index in [1.807, 2.05) is 0 Å². The Hall–Kier alpha value is -0.0431. The lowest BCUT2D eigenvalue weighted by Crippen LogP contribution is -2.29. The zero-order valence-corrected chi connectivity index (χ0v) is 11.9. The van der Waals surface area contributed by atoms with Crippen LogP contribution in [-0.2, 0) is 0 Å². The molecule has 0 unspecified atom stereocenters. The van der Waals surface area contributed by atoms with E-state index in [2.05, 4.69) is 12.7 Å². The number of rotatable bonds is 4. The molecule has 0 nitrogen and oxygen atoms in total. The minimum atomic E-state index is -0.515. The van der Waals surface area contributed by atoms with E-state index in [0.29, 0.717) is 0 Å². The van der Waals surface area contributed by atoms with Gasteiger partial charge in [-0.05, 0) is 17.1 Å². The van der Waals surface area contributed by atoms with Gasteiger partial charge in [-0.2, -0.15) is 0 Å². The molecule has 0 aromatic carbocycles. The molecule has 0 bridgehead atoms.